The number of allylic oxidation sites excluding steroid dienone is 1. The highest BCUT2D eigenvalue weighted by Gasteiger charge is 2.59. The van der Waals surface area contributed by atoms with Gasteiger partial charge in [-0.05, 0) is 109 Å². The van der Waals surface area contributed by atoms with Crippen molar-refractivity contribution in [3.63, 3.8) is 0 Å². The Labute approximate surface area is 261 Å². The van der Waals surface area contributed by atoms with Gasteiger partial charge >= 0.3 is 5.97 Å². The highest BCUT2D eigenvalue weighted by atomic mass is 16.5. The minimum Gasteiger partial charge on any atom is -0.493 e. The molecule has 43 heavy (non-hydrogen) atoms. The predicted molar refractivity (Wildman–Crippen MR) is 173 cm³/mol. The highest BCUT2D eigenvalue weighted by Crippen LogP contribution is 2.67. The molecule has 0 amide bonds. The zero-order valence-electron chi connectivity index (χ0n) is 28.3. The maximum absolute atomic E-state index is 13.1. The summed E-state index contributed by atoms with van der Waals surface area (Å²) < 4.78 is 22.5. The van der Waals surface area contributed by atoms with E-state index in [-0.39, 0.29) is 23.9 Å². The van der Waals surface area contributed by atoms with Crippen LogP contribution >= 0.6 is 0 Å². The second-order valence-corrected chi connectivity index (χ2v) is 15.4. The molecule has 0 saturated heterocycles. The SMILES string of the molecule is COc1cc(CC(=O)O[C@H]2CC[C@@]3(C)C(=CCC4C5CCC(C(C)CCCC(C)C)[C@@]5(C)CCC43)C2)cc(OC)c1OC. The van der Waals surface area contributed by atoms with E-state index in [0.717, 1.165) is 60.3 Å². The van der Waals surface area contributed by atoms with Crippen molar-refractivity contribution in [3.8, 4) is 17.2 Å². The number of hydrogen-bond donors (Lipinski definition) is 0. The van der Waals surface area contributed by atoms with Crippen LogP contribution in [0, 0.1) is 46.3 Å². The monoisotopic (exact) mass is 594 g/mol. The van der Waals surface area contributed by atoms with Gasteiger partial charge in [0.2, 0.25) is 5.75 Å². The Morgan fingerprint density at radius 1 is 0.907 bits per heavy atom. The van der Waals surface area contributed by atoms with Crippen LogP contribution in [-0.2, 0) is 16.0 Å². The van der Waals surface area contributed by atoms with Crippen LogP contribution in [0.3, 0.4) is 0 Å². The quantitative estimate of drug-likeness (QED) is 0.189. The first-order valence-electron chi connectivity index (χ1n) is 17.2. The second-order valence-electron chi connectivity index (χ2n) is 15.4. The number of ether oxygens (including phenoxy) is 4. The lowest BCUT2D eigenvalue weighted by Gasteiger charge is -2.58. The molecule has 8 atom stereocenters. The third-order valence-corrected chi connectivity index (χ3v) is 12.6. The predicted octanol–water partition coefficient (Wildman–Crippen LogP) is 9.21. The normalized spacial score (nSPS) is 34.0. The van der Waals surface area contributed by atoms with E-state index in [0.29, 0.717) is 22.7 Å². The first kappa shape index (κ1) is 32.2. The van der Waals surface area contributed by atoms with Gasteiger partial charge in [-0.3, -0.25) is 4.79 Å². The lowest BCUT2D eigenvalue weighted by atomic mass is 9.47. The van der Waals surface area contributed by atoms with E-state index >= 15 is 0 Å². The molecule has 1 aromatic carbocycles. The largest absolute Gasteiger partial charge is 0.493 e. The third kappa shape index (κ3) is 6.21. The molecule has 240 valence electrons. The molecule has 5 rings (SSSR count). The molecule has 0 spiro atoms. The minimum absolute atomic E-state index is 0.0400. The maximum Gasteiger partial charge on any atom is 0.310 e. The van der Waals surface area contributed by atoms with E-state index < -0.39 is 0 Å². The Balaban J connectivity index is 1.22. The third-order valence-electron chi connectivity index (χ3n) is 12.6. The van der Waals surface area contributed by atoms with Crippen molar-refractivity contribution in [1.82, 2.24) is 0 Å². The van der Waals surface area contributed by atoms with Crippen molar-refractivity contribution in [2.24, 2.45) is 46.3 Å². The van der Waals surface area contributed by atoms with Crippen molar-refractivity contribution in [2.75, 3.05) is 21.3 Å². The summed E-state index contributed by atoms with van der Waals surface area (Å²) in [6.07, 6.45) is 16.7. The van der Waals surface area contributed by atoms with Crippen LogP contribution in [-0.4, -0.2) is 33.4 Å². The number of esters is 1. The number of carbonyl (C=O) groups is 1. The fourth-order valence-electron chi connectivity index (χ4n) is 10.4. The van der Waals surface area contributed by atoms with Crippen molar-refractivity contribution < 1.29 is 23.7 Å². The Bertz CT molecular complexity index is 1150. The molecule has 5 heteroatoms. The summed E-state index contributed by atoms with van der Waals surface area (Å²) in [5, 5.41) is 0. The molecule has 5 nitrogen and oxygen atoms in total. The number of carbonyl (C=O) groups excluding carboxylic acids is 1. The van der Waals surface area contributed by atoms with Gasteiger partial charge in [0.25, 0.3) is 0 Å². The second kappa shape index (κ2) is 13.1. The molecule has 3 fully saturated rings. The summed E-state index contributed by atoms with van der Waals surface area (Å²) in [6.45, 7) is 12.5. The number of rotatable bonds is 11. The van der Waals surface area contributed by atoms with Crippen molar-refractivity contribution in [3.05, 3.63) is 29.3 Å². The van der Waals surface area contributed by atoms with Gasteiger partial charge in [-0.1, -0.05) is 65.5 Å². The number of methoxy groups -OCH3 is 3. The van der Waals surface area contributed by atoms with Crippen LogP contribution in [0.25, 0.3) is 0 Å². The van der Waals surface area contributed by atoms with Gasteiger partial charge < -0.3 is 18.9 Å². The molecule has 0 N–H and O–H groups in total. The van der Waals surface area contributed by atoms with Crippen LogP contribution in [0.4, 0.5) is 0 Å². The van der Waals surface area contributed by atoms with Gasteiger partial charge in [-0.25, -0.2) is 0 Å². The van der Waals surface area contributed by atoms with Crippen molar-refractivity contribution >= 4 is 5.97 Å². The fraction of sp³-hybridized carbons (Fsp3) is 0.763. The summed E-state index contributed by atoms with van der Waals surface area (Å²) in [5.41, 5.74) is 3.13. The van der Waals surface area contributed by atoms with E-state index in [9.17, 15) is 4.79 Å². The van der Waals surface area contributed by atoms with Crippen LogP contribution in [0.1, 0.15) is 111 Å². The first-order chi connectivity index (χ1) is 20.5. The molecule has 0 radical (unpaired) electrons. The van der Waals surface area contributed by atoms with Gasteiger partial charge in [0.05, 0.1) is 27.8 Å². The van der Waals surface area contributed by atoms with Crippen LogP contribution in [0.5, 0.6) is 17.2 Å². The minimum atomic E-state index is -0.190. The fourth-order valence-corrected chi connectivity index (χ4v) is 10.4. The Kier molecular flexibility index (Phi) is 9.78. The van der Waals surface area contributed by atoms with Crippen LogP contribution in [0.15, 0.2) is 23.8 Å². The summed E-state index contributed by atoms with van der Waals surface area (Å²) >= 11 is 0. The molecule has 0 aliphatic heterocycles. The molecule has 0 aromatic heterocycles. The van der Waals surface area contributed by atoms with Gasteiger partial charge in [0.15, 0.2) is 11.5 Å². The van der Waals surface area contributed by atoms with E-state index in [2.05, 4.69) is 40.7 Å². The summed E-state index contributed by atoms with van der Waals surface area (Å²) in [7, 11) is 4.77. The van der Waals surface area contributed by atoms with Gasteiger partial charge in [-0.2, -0.15) is 0 Å². The number of fused-ring (bicyclic) bond motifs is 5. The highest BCUT2D eigenvalue weighted by molar-refractivity contribution is 5.74. The Hall–Kier alpha value is -2.17. The number of benzene rings is 1. The molecule has 4 aliphatic carbocycles. The molecular weight excluding hydrogens is 536 g/mol. The topological polar surface area (TPSA) is 54.0 Å². The number of hydrogen-bond acceptors (Lipinski definition) is 5. The maximum atomic E-state index is 13.1. The summed E-state index contributed by atoms with van der Waals surface area (Å²) in [4.78, 5) is 13.1. The average molecular weight is 595 g/mol. The van der Waals surface area contributed by atoms with Crippen molar-refractivity contribution in [1.29, 1.82) is 0 Å². The molecule has 3 saturated carbocycles. The molecular formula is C38H58O5. The summed E-state index contributed by atoms with van der Waals surface area (Å²) in [5.74, 6) is 6.47. The Morgan fingerprint density at radius 2 is 1.63 bits per heavy atom. The van der Waals surface area contributed by atoms with Gasteiger partial charge in [0.1, 0.15) is 6.10 Å². The lowest BCUT2D eigenvalue weighted by Crippen LogP contribution is -2.51. The zero-order chi connectivity index (χ0) is 30.9. The van der Waals surface area contributed by atoms with Crippen molar-refractivity contribution in [2.45, 2.75) is 118 Å². The van der Waals surface area contributed by atoms with Crippen LogP contribution in [0.2, 0.25) is 0 Å². The molecule has 0 heterocycles. The van der Waals surface area contributed by atoms with E-state index in [1.807, 2.05) is 12.1 Å². The van der Waals surface area contributed by atoms with Crippen LogP contribution < -0.4 is 14.2 Å². The average Bonchev–Trinajstić information content (AvgIpc) is 3.33. The smallest absolute Gasteiger partial charge is 0.310 e. The van der Waals surface area contributed by atoms with Gasteiger partial charge in [0, 0.05) is 6.42 Å². The zero-order valence-corrected chi connectivity index (χ0v) is 28.3. The first-order valence-corrected chi connectivity index (χ1v) is 17.2. The van der Waals surface area contributed by atoms with E-state index in [1.165, 1.54) is 51.4 Å². The lowest BCUT2D eigenvalue weighted by molar-refractivity contribution is -0.150. The van der Waals surface area contributed by atoms with E-state index in [1.54, 1.807) is 26.9 Å². The standard InChI is InChI=1S/C38H58O5/c1-24(2)10-9-11-25(3)30-14-15-31-29-13-12-27-23-28(16-18-37(27,4)32(29)17-19-38(30,31)5)43-35(39)22-26-20-33(40-6)36(42-8)34(21-26)41-7/h12,20-21,24-25,28-32H,9-11,13-19,22-23H2,1-8H3/t25?,28-,29?,30?,31?,32?,37-,38+/m0/s1. The van der Waals surface area contributed by atoms with E-state index in [4.69, 9.17) is 18.9 Å². The molecule has 4 aliphatic rings. The molecule has 5 unspecified atom stereocenters. The summed E-state index contributed by atoms with van der Waals surface area (Å²) in [6, 6.07) is 3.67. The molecule has 0 bridgehead atoms. The van der Waals surface area contributed by atoms with Gasteiger partial charge in [-0.15, -0.1) is 0 Å². The Morgan fingerprint density at radius 3 is 2.28 bits per heavy atom. The molecule has 1 aromatic rings.